The van der Waals surface area contributed by atoms with Crippen LogP contribution in [0.25, 0.3) is 0 Å². The molecule has 2 N–H and O–H groups in total. The Morgan fingerprint density at radius 2 is 1.93 bits per heavy atom. The molecule has 144 valence electrons. The van der Waals surface area contributed by atoms with E-state index in [0.29, 0.717) is 17.8 Å². The fraction of sp³-hybridized carbons (Fsp3) is 0.133. The number of aliphatic hydroxyl groups excluding tert-OH is 1. The van der Waals surface area contributed by atoms with E-state index in [1.54, 1.807) is 0 Å². The van der Waals surface area contributed by atoms with Gasteiger partial charge in [-0.1, -0.05) is 23.4 Å². The smallest absolute Gasteiger partial charge is 0.416 e. The number of nitro groups is 1. The van der Waals surface area contributed by atoms with E-state index >= 15 is 0 Å². The van der Waals surface area contributed by atoms with Crippen LogP contribution >= 0.6 is 23.4 Å². The molecule has 1 unspecified atom stereocenters. The number of aliphatic carboxylic acids is 1. The maximum atomic E-state index is 12.6. The van der Waals surface area contributed by atoms with Gasteiger partial charge in [-0.25, -0.2) is 4.79 Å². The van der Waals surface area contributed by atoms with Crippen molar-refractivity contribution in [2.75, 3.05) is 0 Å². The van der Waals surface area contributed by atoms with E-state index < -0.39 is 33.8 Å². The number of nitro benzene ring substituents is 1. The molecule has 2 aromatic carbocycles. The second kappa shape index (κ2) is 8.03. The van der Waals surface area contributed by atoms with Gasteiger partial charge in [0.05, 0.1) is 20.4 Å². The number of alkyl halides is 3. The topological polar surface area (TPSA) is 110 Å². The number of nitrogens with zero attached hydrogens (tertiary/aromatic N) is 1. The first-order valence-corrected chi connectivity index (χ1v) is 8.15. The van der Waals surface area contributed by atoms with Crippen molar-refractivity contribution < 1.29 is 37.8 Å². The number of carbonyl (C=O) groups is 1. The number of ether oxygens (including phenoxy) is 1. The van der Waals surface area contributed by atoms with Gasteiger partial charge in [-0.15, -0.1) is 0 Å². The molecule has 0 aliphatic heterocycles. The Kier molecular flexibility index (Phi) is 6.19. The lowest BCUT2D eigenvalue weighted by Gasteiger charge is -2.12. The summed E-state index contributed by atoms with van der Waals surface area (Å²) < 4.78 is 43.3. The van der Waals surface area contributed by atoms with Gasteiger partial charge in [-0.3, -0.25) is 10.1 Å². The molecule has 0 fully saturated rings. The summed E-state index contributed by atoms with van der Waals surface area (Å²) in [6.07, 6.45) is -4.59. The molecule has 0 amide bonds. The highest BCUT2D eigenvalue weighted by atomic mass is 35.5. The van der Waals surface area contributed by atoms with Gasteiger partial charge in [0.1, 0.15) is 11.5 Å². The molecule has 2 aromatic rings. The van der Waals surface area contributed by atoms with Crippen molar-refractivity contribution in [3.8, 4) is 11.5 Å². The minimum Gasteiger partial charge on any atom is -0.479 e. The van der Waals surface area contributed by atoms with E-state index in [4.69, 9.17) is 21.4 Å². The molecular formula is C15H9ClF3NO6S. The number of aliphatic hydroxyl groups is 1. The van der Waals surface area contributed by atoms with E-state index in [9.17, 15) is 33.2 Å². The maximum absolute atomic E-state index is 12.6. The Morgan fingerprint density at radius 1 is 1.26 bits per heavy atom. The van der Waals surface area contributed by atoms with E-state index in [-0.39, 0.29) is 21.4 Å². The molecule has 0 heterocycles. The summed E-state index contributed by atoms with van der Waals surface area (Å²) in [5, 5.41) is 28.8. The van der Waals surface area contributed by atoms with E-state index in [2.05, 4.69) is 0 Å². The van der Waals surface area contributed by atoms with Gasteiger partial charge in [-0.2, -0.15) is 13.2 Å². The molecular weight excluding hydrogens is 415 g/mol. The summed E-state index contributed by atoms with van der Waals surface area (Å²) in [4.78, 5) is 20.8. The normalized spacial score (nSPS) is 12.5. The highest BCUT2D eigenvalue weighted by Crippen LogP contribution is 2.39. The highest BCUT2D eigenvalue weighted by molar-refractivity contribution is 8.00. The largest absolute Gasteiger partial charge is 0.479 e. The van der Waals surface area contributed by atoms with Crippen molar-refractivity contribution in [2.24, 2.45) is 0 Å². The number of halogens is 4. The second-order valence-corrected chi connectivity index (χ2v) is 6.47. The molecule has 0 saturated carbocycles. The predicted molar refractivity (Wildman–Crippen MR) is 89.1 cm³/mol. The number of hydrogen-bond acceptors (Lipinski definition) is 6. The lowest BCUT2D eigenvalue weighted by molar-refractivity contribution is -0.387. The third-order valence-corrected chi connectivity index (χ3v) is 4.37. The zero-order valence-electron chi connectivity index (χ0n) is 12.9. The Balaban J connectivity index is 2.34. The number of benzene rings is 2. The van der Waals surface area contributed by atoms with Crippen LogP contribution in [0.15, 0.2) is 41.3 Å². The Morgan fingerprint density at radius 3 is 2.44 bits per heavy atom. The highest BCUT2D eigenvalue weighted by Gasteiger charge is 2.31. The average Bonchev–Trinajstić information content (AvgIpc) is 2.55. The van der Waals surface area contributed by atoms with Crippen LogP contribution in [0.4, 0.5) is 18.9 Å². The van der Waals surface area contributed by atoms with Crippen molar-refractivity contribution in [2.45, 2.75) is 16.5 Å². The molecule has 0 bridgehead atoms. The first-order valence-electron chi connectivity index (χ1n) is 6.89. The van der Waals surface area contributed by atoms with Crippen LogP contribution in [-0.4, -0.2) is 26.5 Å². The lowest BCUT2D eigenvalue weighted by atomic mass is 10.2. The van der Waals surface area contributed by atoms with Crippen LogP contribution in [0.3, 0.4) is 0 Å². The third-order valence-electron chi connectivity index (χ3n) is 3.06. The van der Waals surface area contributed by atoms with Crippen LogP contribution in [0.5, 0.6) is 11.5 Å². The summed E-state index contributed by atoms with van der Waals surface area (Å²) in [7, 11) is 0. The Labute approximate surface area is 158 Å². The standard InChI is InChI=1S/C15H9ClF3NO6S/c16-9-5-7(15(17,18)19)1-4-11(9)26-8-2-3-10(20(24)25)12(6-8)27-14(23)13(21)22/h1-6,14,23H,(H,21,22). The fourth-order valence-electron chi connectivity index (χ4n) is 1.86. The zero-order valence-corrected chi connectivity index (χ0v) is 14.5. The van der Waals surface area contributed by atoms with Gasteiger partial charge in [0.25, 0.3) is 5.69 Å². The number of carboxylic acids is 1. The minimum atomic E-state index is -4.59. The summed E-state index contributed by atoms with van der Waals surface area (Å²) in [5.41, 5.74) is -3.43. The molecule has 0 spiro atoms. The first-order chi connectivity index (χ1) is 12.5. The Hall–Kier alpha value is -2.50. The molecule has 0 aliphatic rings. The van der Waals surface area contributed by atoms with Crippen molar-refractivity contribution in [1.29, 1.82) is 0 Å². The van der Waals surface area contributed by atoms with Gasteiger partial charge < -0.3 is 14.9 Å². The summed E-state index contributed by atoms with van der Waals surface area (Å²) >= 11 is 6.07. The monoisotopic (exact) mass is 423 g/mol. The van der Waals surface area contributed by atoms with Crippen LogP contribution in [-0.2, 0) is 11.0 Å². The number of rotatable bonds is 6. The van der Waals surface area contributed by atoms with E-state index in [1.165, 1.54) is 0 Å². The van der Waals surface area contributed by atoms with Crippen LogP contribution in [0.1, 0.15) is 5.56 Å². The second-order valence-electron chi connectivity index (χ2n) is 4.94. The fourth-order valence-corrected chi connectivity index (χ4v) is 2.87. The molecule has 0 saturated heterocycles. The summed E-state index contributed by atoms with van der Waals surface area (Å²) in [6, 6.07) is 5.62. The van der Waals surface area contributed by atoms with E-state index in [1.807, 2.05) is 0 Å². The molecule has 0 aromatic heterocycles. The zero-order chi connectivity index (χ0) is 20.4. The quantitative estimate of drug-likeness (QED) is 0.303. The van der Waals surface area contributed by atoms with Crippen molar-refractivity contribution in [1.82, 2.24) is 0 Å². The van der Waals surface area contributed by atoms with Crippen LogP contribution in [0, 0.1) is 10.1 Å². The number of hydrogen-bond donors (Lipinski definition) is 2. The number of carboxylic acid groups (broad SMARTS) is 1. The lowest BCUT2D eigenvalue weighted by Crippen LogP contribution is -2.14. The molecule has 7 nitrogen and oxygen atoms in total. The molecule has 1 atom stereocenters. The maximum Gasteiger partial charge on any atom is 0.416 e. The summed E-state index contributed by atoms with van der Waals surface area (Å²) in [6.45, 7) is 0. The van der Waals surface area contributed by atoms with Crippen molar-refractivity contribution in [3.63, 3.8) is 0 Å². The van der Waals surface area contributed by atoms with Crippen LogP contribution < -0.4 is 4.74 Å². The first kappa shape index (κ1) is 20.8. The Bertz CT molecular complexity index is 892. The van der Waals surface area contributed by atoms with Gasteiger partial charge in [0.2, 0.25) is 5.44 Å². The molecule has 2 rings (SSSR count). The van der Waals surface area contributed by atoms with E-state index in [0.717, 1.165) is 30.3 Å². The third kappa shape index (κ3) is 5.25. The minimum absolute atomic E-state index is 0.0534. The van der Waals surface area contributed by atoms with Crippen molar-refractivity contribution >= 4 is 35.0 Å². The van der Waals surface area contributed by atoms with Crippen LogP contribution in [0.2, 0.25) is 5.02 Å². The molecule has 27 heavy (non-hydrogen) atoms. The predicted octanol–water partition coefficient (Wildman–Crippen LogP) is 4.55. The summed E-state index contributed by atoms with van der Waals surface area (Å²) in [5.74, 6) is -1.80. The van der Waals surface area contributed by atoms with Gasteiger partial charge in [0.15, 0.2) is 0 Å². The van der Waals surface area contributed by atoms with Gasteiger partial charge in [-0.05, 0) is 24.3 Å². The SMILES string of the molecule is O=C(O)C(O)Sc1cc(Oc2ccc(C(F)(F)F)cc2Cl)ccc1[N+](=O)[O-]. The molecule has 12 heteroatoms. The van der Waals surface area contributed by atoms with Gasteiger partial charge >= 0.3 is 12.1 Å². The molecule has 0 radical (unpaired) electrons. The average molecular weight is 424 g/mol. The molecule has 0 aliphatic carbocycles. The van der Waals surface area contributed by atoms with Crippen molar-refractivity contribution in [3.05, 3.63) is 57.1 Å². The van der Waals surface area contributed by atoms with Gasteiger partial charge in [0, 0.05) is 12.1 Å². The number of thioether (sulfide) groups is 1.